The molecule has 9 nitrogen and oxygen atoms in total. The van der Waals surface area contributed by atoms with Crippen molar-refractivity contribution in [2.24, 2.45) is 0 Å². The van der Waals surface area contributed by atoms with Crippen molar-refractivity contribution in [2.75, 3.05) is 6.54 Å². The Morgan fingerprint density at radius 2 is 1.37 bits per heavy atom. The van der Waals surface area contributed by atoms with Crippen molar-refractivity contribution in [1.82, 2.24) is 15.5 Å². The number of carbonyl (C=O) groups excluding carboxylic acids is 4. The average Bonchev–Trinajstić information content (AvgIpc) is 2.93. The van der Waals surface area contributed by atoms with E-state index in [2.05, 4.69) is 17.6 Å². The number of ether oxygens (including phenoxy) is 2. The molecule has 0 saturated carbocycles. The molecule has 3 unspecified atom stereocenters. The third-order valence-electron chi connectivity index (χ3n) is 7.31. The van der Waals surface area contributed by atoms with Crippen LogP contribution in [0, 0.1) is 13.8 Å². The summed E-state index contributed by atoms with van der Waals surface area (Å²) in [5.74, 6) is -1.50. The third kappa shape index (κ3) is 12.5. The van der Waals surface area contributed by atoms with Crippen molar-refractivity contribution < 1.29 is 28.7 Å². The van der Waals surface area contributed by atoms with E-state index in [0.717, 1.165) is 36.0 Å². The molecular weight excluding hydrogens is 582 g/mol. The first-order chi connectivity index (χ1) is 21.4. The highest BCUT2D eigenvalue weighted by molar-refractivity contribution is 5.94. The largest absolute Gasteiger partial charge is 0.458 e. The Hall–Kier alpha value is -3.88. The fourth-order valence-electron chi connectivity index (χ4n) is 5.22. The normalized spacial score (nSPS) is 13.6. The maximum Gasteiger partial charge on any atom is 0.408 e. The van der Waals surface area contributed by atoms with E-state index < -0.39 is 53.2 Å². The van der Waals surface area contributed by atoms with Crippen molar-refractivity contribution in [3.05, 3.63) is 70.8 Å². The van der Waals surface area contributed by atoms with E-state index >= 15 is 0 Å². The minimum Gasteiger partial charge on any atom is -0.458 e. The maximum atomic E-state index is 14.6. The van der Waals surface area contributed by atoms with Crippen molar-refractivity contribution in [3.63, 3.8) is 0 Å². The Morgan fingerprint density at radius 3 is 1.91 bits per heavy atom. The summed E-state index contributed by atoms with van der Waals surface area (Å²) >= 11 is 0. The van der Waals surface area contributed by atoms with Crippen LogP contribution in [0.25, 0.3) is 0 Å². The monoisotopic (exact) mass is 637 g/mol. The lowest BCUT2D eigenvalue weighted by atomic mass is 9.93. The minimum atomic E-state index is -1.07. The fraction of sp³-hybridized carbons (Fsp3) is 0.568. The first-order valence-corrected chi connectivity index (χ1v) is 16.4. The van der Waals surface area contributed by atoms with Crippen LogP contribution in [0.1, 0.15) is 109 Å². The standard InChI is InChI=1S/C37H55N3O6/c1-11-12-13-17-23-40(33(42)27(4)38-35(44)46-37(8,9)10)31(30-25(2)19-18-20-26(30)3)32(41)39-29(34(43)45-36(5,6)7)24-28-21-15-14-16-22-28/h14-16,18-22,27,29,31H,11-13,17,23-24H2,1-10H3,(H,38,44)(H,39,41). The quantitative estimate of drug-likeness (QED) is 0.175. The SMILES string of the molecule is CCCCCCN(C(=O)C(C)NC(=O)OC(C)(C)C)C(C(=O)NC(Cc1ccccc1)C(=O)OC(C)(C)C)c1c(C)cccc1C. The van der Waals surface area contributed by atoms with E-state index in [4.69, 9.17) is 9.47 Å². The number of amides is 3. The predicted molar refractivity (Wildman–Crippen MR) is 181 cm³/mol. The van der Waals surface area contributed by atoms with E-state index in [1.165, 1.54) is 4.90 Å². The first kappa shape index (κ1) is 38.3. The molecule has 0 fully saturated rings. The molecule has 0 aliphatic rings. The lowest BCUT2D eigenvalue weighted by molar-refractivity contribution is -0.159. The smallest absolute Gasteiger partial charge is 0.408 e. The highest BCUT2D eigenvalue weighted by atomic mass is 16.6. The highest BCUT2D eigenvalue weighted by Gasteiger charge is 2.38. The van der Waals surface area contributed by atoms with Crippen LogP contribution in [0.4, 0.5) is 4.79 Å². The summed E-state index contributed by atoms with van der Waals surface area (Å²) in [6.07, 6.45) is 2.99. The van der Waals surface area contributed by atoms with Gasteiger partial charge >= 0.3 is 12.1 Å². The van der Waals surface area contributed by atoms with Gasteiger partial charge in [-0.25, -0.2) is 9.59 Å². The molecule has 2 N–H and O–H groups in total. The van der Waals surface area contributed by atoms with Crippen LogP contribution in [0.15, 0.2) is 48.5 Å². The molecule has 46 heavy (non-hydrogen) atoms. The van der Waals surface area contributed by atoms with Gasteiger partial charge in [-0.1, -0.05) is 74.7 Å². The third-order valence-corrected chi connectivity index (χ3v) is 7.31. The number of esters is 1. The van der Waals surface area contributed by atoms with Gasteiger partial charge in [0, 0.05) is 13.0 Å². The Balaban J connectivity index is 2.60. The predicted octanol–water partition coefficient (Wildman–Crippen LogP) is 6.74. The molecule has 0 bridgehead atoms. The number of carbonyl (C=O) groups is 4. The highest BCUT2D eigenvalue weighted by Crippen LogP contribution is 2.29. The summed E-state index contributed by atoms with van der Waals surface area (Å²) < 4.78 is 11.1. The van der Waals surface area contributed by atoms with Gasteiger partial charge in [-0.2, -0.15) is 0 Å². The molecule has 3 amide bonds. The average molecular weight is 638 g/mol. The summed E-state index contributed by atoms with van der Waals surface area (Å²) in [6.45, 7) is 18.4. The van der Waals surface area contributed by atoms with E-state index in [1.807, 2.05) is 62.4 Å². The Labute approximate surface area is 275 Å². The van der Waals surface area contributed by atoms with Crippen molar-refractivity contribution in [1.29, 1.82) is 0 Å². The molecule has 0 radical (unpaired) electrons. The van der Waals surface area contributed by atoms with E-state index in [0.29, 0.717) is 12.0 Å². The van der Waals surface area contributed by atoms with Crippen LogP contribution in [-0.4, -0.2) is 58.6 Å². The van der Waals surface area contributed by atoms with Gasteiger partial charge in [-0.05, 0) is 91.0 Å². The summed E-state index contributed by atoms with van der Waals surface area (Å²) in [7, 11) is 0. The van der Waals surface area contributed by atoms with E-state index in [-0.39, 0.29) is 13.0 Å². The summed E-state index contributed by atoms with van der Waals surface area (Å²) in [5.41, 5.74) is 1.67. The van der Waals surface area contributed by atoms with Gasteiger partial charge in [-0.3, -0.25) is 9.59 Å². The number of nitrogens with one attached hydrogen (secondary N) is 2. The van der Waals surface area contributed by atoms with Gasteiger partial charge in [-0.15, -0.1) is 0 Å². The van der Waals surface area contributed by atoms with Crippen LogP contribution in [-0.2, 0) is 30.3 Å². The number of aryl methyl sites for hydroxylation is 2. The minimum absolute atomic E-state index is 0.210. The van der Waals surface area contributed by atoms with Crippen LogP contribution >= 0.6 is 0 Å². The molecule has 254 valence electrons. The first-order valence-electron chi connectivity index (χ1n) is 16.4. The Bertz CT molecular complexity index is 1290. The number of rotatable bonds is 14. The second kappa shape index (κ2) is 17.2. The molecule has 0 spiro atoms. The van der Waals surface area contributed by atoms with Gasteiger partial charge in [0.1, 0.15) is 29.3 Å². The molecule has 9 heteroatoms. The number of alkyl carbamates (subject to hydrolysis) is 1. The zero-order valence-electron chi connectivity index (χ0n) is 29.5. The summed E-state index contributed by atoms with van der Waals surface area (Å²) in [5, 5.41) is 5.62. The summed E-state index contributed by atoms with van der Waals surface area (Å²) in [6, 6.07) is 12.1. The van der Waals surface area contributed by atoms with Gasteiger partial charge in [0.2, 0.25) is 11.8 Å². The topological polar surface area (TPSA) is 114 Å². The van der Waals surface area contributed by atoms with Gasteiger partial charge < -0.3 is 25.0 Å². The molecule has 3 atom stereocenters. The second-order valence-corrected chi connectivity index (χ2v) is 14.0. The van der Waals surface area contributed by atoms with Crippen LogP contribution < -0.4 is 10.6 Å². The molecule has 0 aromatic heterocycles. The molecule has 2 aromatic carbocycles. The molecule has 0 saturated heterocycles. The molecule has 2 aromatic rings. The molecular formula is C37H55N3O6. The molecule has 0 aliphatic carbocycles. The summed E-state index contributed by atoms with van der Waals surface area (Å²) in [4.78, 5) is 56.5. The lowest BCUT2D eigenvalue weighted by Crippen LogP contribution is -2.54. The molecule has 2 rings (SSSR count). The number of hydrogen-bond donors (Lipinski definition) is 2. The van der Waals surface area contributed by atoms with Gasteiger partial charge in [0.05, 0.1) is 0 Å². The number of unbranched alkanes of at least 4 members (excludes halogenated alkanes) is 3. The van der Waals surface area contributed by atoms with Crippen LogP contribution in [0.3, 0.4) is 0 Å². The van der Waals surface area contributed by atoms with Gasteiger partial charge in [0.15, 0.2) is 0 Å². The second-order valence-electron chi connectivity index (χ2n) is 14.0. The zero-order valence-corrected chi connectivity index (χ0v) is 29.5. The van der Waals surface area contributed by atoms with Crippen molar-refractivity contribution >= 4 is 23.9 Å². The van der Waals surface area contributed by atoms with Crippen LogP contribution in [0.5, 0.6) is 0 Å². The van der Waals surface area contributed by atoms with Crippen molar-refractivity contribution in [2.45, 2.75) is 131 Å². The number of hydrogen-bond acceptors (Lipinski definition) is 6. The molecule has 0 aliphatic heterocycles. The van der Waals surface area contributed by atoms with Gasteiger partial charge in [0.25, 0.3) is 0 Å². The zero-order chi connectivity index (χ0) is 34.7. The fourth-order valence-corrected chi connectivity index (χ4v) is 5.22. The van der Waals surface area contributed by atoms with Crippen LogP contribution in [0.2, 0.25) is 0 Å². The Morgan fingerprint density at radius 1 is 0.783 bits per heavy atom. The lowest BCUT2D eigenvalue weighted by Gasteiger charge is -2.36. The number of nitrogens with zero attached hydrogens (tertiary/aromatic N) is 1. The Kier molecular flexibility index (Phi) is 14.3. The number of benzene rings is 2. The van der Waals surface area contributed by atoms with E-state index in [9.17, 15) is 19.2 Å². The maximum absolute atomic E-state index is 14.6. The van der Waals surface area contributed by atoms with E-state index in [1.54, 1.807) is 48.5 Å². The van der Waals surface area contributed by atoms with Crippen molar-refractivity contribution in [3.8, 4) is 0 Å². The molecule has 0 heterocycles.